The second-order valence-electron chi connectivity index (χ2n) is 5.42. The number of rotatable bonds is 5. The van der Waals surface area contributed by atoms with Crippen LogP contribution in [0.2, 0.25) is 0 Å². The molecule has 0 N–H and O–H groups in total. The minimum absolute atomic E-state index is 0.942. The van der Waals surface area contributed by atoms with Gasteiger partial charge < -0.3 is 0 Å². The maximum Gasteiger partial charge on any atom is 0.0762 e. The lowest BCUT2D eigenvalue weighted by molar-refractivity contribution is 1.11. The second kappa shape index (κ2) is 7.97. The van der Waals surface area contributed by atoms with Crippen molar-refractivity contribution in [2.75, 3.05) is 0 Å². The quantitative estimate of drug-likeness (QED) is 0.537. The highest BCUT2D eigenvalue weighted by Crippen LogP contribution is 2.27. The van der Waals surface area contributed by atoms with Gasteiger partial charge in [-0.1, -0.05) is 36.0 Å². The van der Waals surface area contributed by atoms with E-state index in [1.165, 1.54) is 25.8 Å². The van der Waals surface area contributed by atoms with Gasteiger partial charge in [0.05, 0.1) is 5.69 Å². The van der Waals surface area contributed by atoms with Gasteiger partial charge in [-0.25, -0.2) is 0 Å². The Morgan fingerprint density at radius 2 is 2.05 bits per heavy atom. The van der Waals surface area contributed by atoms with Crippen molar-refractivity contribution in [1.29, 1.82) is 0 Å². The molecular weight excluding hydrogens is 401 g/mol. The Bertz CT molecular complexity index is 705. The molecule has 1 nitrogen and oxygen atoms in total. The minimum atomic E-state index is 0.942. The fourth-order valence-electron chi connectivity index (χ4n) is 2.13. The SMILES string of the molecule is C=C(S/C=C(\C)Cc1cc(C)c(I)cc1C)c1ccccn1. The van der Waals surface area contributed by atoms with Gasteiger partial charge in [0.25, 0.3) is 0 Å². The molecule has 0 aliphatic heterocycles. The zero-order valence-corrected chi connectivity index (χ0v) is 16.2. The zero-order chi connectivity index (χ0) is 16.1. The number of hydrogen-bond acceptors (Lipinski definition) is 2. The Labute approximate surface area is 151 Å². The maximum atomic E-state index is 4.33. The summed E-state index contributed by atoms with van der Waals surface area (Å²) in [4.78, 5) is 5.31. The van der Waals surface area contributed by atoms with Crippen LogP contribution in [0.3, 0.4) is 0 Å². The standard InChI is InChI=1S/C19H20INS/c1-13(9-17-10-15(3)18(20)11-14(17)2)12-22-16(4)19-7-5-6-8-21-19/h5-8,10-12H,4,9H2,1-3H3/b13-12+. The predicted octanol–water partition coefficient (Wildman–Crippen LogP) is 6.15. The molecule has 0 aliphatic carbocycles. The summed E-state index contributed by atoms with van der Waals surface area (Å²) in [6.07, 6.45) is 2.78. The third-order valence-corrected chi connectivity index (χ3v) is 5.62. The van der Waals surface area contributed by atoms with Crippen LogP contribution in [0.4, 0.5) is 0 Å². The molecule has 0 saturated heterocycles. The number of halogens is 1. The number of thioether (sulfide) groups is 1. The normalized spacial score (nSPS) is 11.5. The summed E-state index contributed by atoms with van der Waals surface area (Å²) in [5, 5.41) is 2.18. The molecule has 0 amide bonds. The van der Waals surface area contributed by atoms with Gasteiger partial charge in [-0.15, -0.1) is 0 Å². The van der Waals surface area contributed by atoms with Crippen LogP contribution in [0.15, 0.2) is 54.1 Å². The largest absolute Gasteiger partial charge is 0.256 e. The van der Waals surface area contributed by atoms with Crippen molar-refractivity contribution in [3.8, 4) is 0 Å². The highest BCUT2D eigenvalue weighted by atomic mass is 127. The summed E-state index contributed by atoms with van der Waals surface area (Å²) in [7, 11) is 0. The smallest absolute Gasteiger partial charge is 0.0762 e. The Kier molecular flexibility index (Phi) is 6.26. The van der Waals surface area contributed by atoms with E-state index in [9.17, 15) is 0 Å². The lowest BCUT2D eigenvalue weighted by Gasteiger charge is -2.10. The minimum Gasteiger partial charge on any atom is -0.256 e. The van der Waals surface area contributed by atoms with Gasteiger partial charge in [0.15, 0.2) is 0 Å². The van der Waals surface area contributed by atoms with Crippen LogP contribution in [0.1, 0.15) is 29.3 Å². The Morgan fingerprint density at radius 1 is 1.27 bits per heavy atom. The molecular formula is C19H20INS. The number of aromatic nitrogens is 1. The van der Waals surface area contributed by atoms with E-state index in [1.54, 1.807) is 18.0 Å². The van der Waals surface area contributed by atoms with E-state index in [2.05, 4.69) is 72.5 Å². The van der Waals surface area contributed by atoms with Crippen LogP contribution in [0.5, 0.6) is 0 Å². The van der Waals surface area contributed by atoms with E-state index in [-0.39, 0.29) is 0 Å². The van der Waals surface area contributed by atoms with Crippen molar-refractivity contribution >= 4 is 39.3 Å². The van der Waals surface area contributed by atoms with Crippen LogP contribution >= 0.6 is 34.4 Å². The van der Waals surface area contributed by atoms with Crippen LogP contribution < -0.4 is 0 Å². The molecule has 3 heteroatoms. The molecule has 0 radical (unpaired) electrons. The fraction of sp³-hybridized carbons (Fsp3) is 0.211. The van der Waals surface area contributed by atoms with Crippen LogP contribution in [-0.2, 0) is 6.42 Å². The Morgan fingerprint density at radius 3 is 2.73 bits per heavy atom. The van der Waals surface area contributed by atoms with Crippen molar-refractivity contribution in [3.63, 3.8) is 0 Å². The fourth-order valence-corrected chi connectivity index (χ4v) is 3.42. The van der Waals surface area contributed by atoms with Gasteiger partial charge in [0, 0.05) is 14.7 Å². The van der Waals surface area contributed by atoms with E-state index >= 15 is 0 Å². The molecule has 22 heavy (non-hydrogen) atoms. The molecule has 2 aromatic rings. The van der Waals surface area contributed by atoms with E-state index in [0.717, 1.165) is 17.0 Å². The lowest BCUT2D eigenvalue weighted by atomic mass is 10.00. The van der Waals surface area contributed by atoms with Crippen LogP contribution in [-0.4, -0.2) is 4.98 Å². The summed E-state index contributed by atoms with van der Waals surface area (Å²) in [5.74, 6) is 0. The summed E-state index contributed by atoms with van der Waals surface area (Å²) < 4.78 is 1.33. The molecule has 1 aromatic carbocycles. The molecule has 2 rings (SSSR count). The van der Waals surface area contributed by atoms with Crippen LogP contribution in [0, 0.1) is 17.4 Å². The third kappa shape index (κ3) is 4.71. The average molecular weight is 421 g/mol. The van der Waals surface area contributed by atoms with Gasteiger partial charge in [0.1, 0.15) is 0 Å². The molecule has 0 unspecified atom stereocenters. The topological polar surface area (TPSA) is 12.9 Å². The van der Waals surface area contributed by atoms with E-state index in [4.69, 9.17) is 0 Å². The molecule has 1 heterocycles. The first-order valence-electron chi connectivity index (χ1n) is 7.15. The van der Waals surface area contributed by atoms with E-state index in [1.807, 2.05) is 18.2 Å². The molecule has 0 spiro atoms. The van der Waals surface area contributed by atoms with Gasteiger partial charge in [-0.2, -0.15) is 0 Å². The van der Waals surface area contributed by atoms with Gasteiger partial charge in [-0.05, 0) is 90.1 Å². The predicted molar refractivity (Wildman–Crippen MR) is 107 cm³/mol. The van der Waals surface area contributed by atoms with Crippen molar-refractivity contribution in [1.82, 2.24) is 4.98 Å². The third-order valence-electron chi connectivity index (χ3n) is 3.44. The second-order valence-corrected chi connectivity index (χ2v) is 7.55. The molecule has 114 valence electrons. The zero-order valence-electron chi connectivity index (χ0n) is 13.2. The molecule has 0 saturated carbocycles. The number of hydrogen-bond donors (Lipinski definition) is 0. The van der Waals surface area contributed by atoms with Crippen molar-refractivity contribution < 1.29 is 0 Å². The summed E-state index contributed by atoms with van der Waals surface area (Å²) in [6.45, 7) is 10.6. The number of nitrogens with zero attached hydrogens (tertiary/aromatic N) is 1. The van der Waals surface area contributed by atoms with Gasteiger partial charge in [0.2, 0.25) is 0 Å². The van der Waals surface area contributed by atoms with E-state index < -0.39 is 0 Å². The molecule has 0 fully saturated rings. The first-order valence-corrected chi connectivity index (χ1v) is 9.11. The number of pyridine rings is 1. The van der Waals surface area contributed by atoms with Crippen LogP contribution in [0.25, 0.3) is 4.91 Å². The summed E-state index contributed by atoms with van der Waals surface area (Å²) in [6, 6.07) is 10.5. The lowest BCUT2D eigenvalue weighted by Crippen LogP contribution is -1.94. The number of allylic oxidation sites excluding steroid dienone is 1. The summed E-state index contributed by atoms with van der Waals surface area (Å²) in [5.41, 5.74) is 6.38. The number of benzene rings is 1. The highest BCUT2D eigenvalue weighted by Gasteiger charge is 2.04. The maximum absolute atomic E-state index is 4.33. The Hall–Kier alpha value is -1.07. The molecule has 1 aromatic heterocycles. The summed E-state index contributed by atoms with van der Waals surface area (Å²) >= 11 is 4.04. The van der Waals surface area contributed by atoms with Crippen molar-refractivity contribution in [2.45, 2.75) is 27.2 Å². The van der Waals surface area contributed by atoms with Crippen molar-refractivity contribution in [2.24, 2.45) is 0 Å². The van der Waals surface area contributed by atoms with Gasteiger partial charge in [-0.3, -0.25) is 4.98 Å². The molecule has 0 bridgehead atoms. The van der Waals surface area contributed by atoms with Gasteiger partial charge >= 0.3 is 0 Å². The Balaban J connectivity index is 2.05. The average Bonchev–Trinajstić information content (AvgIpc) is 2.51. The molecule has 0 aliphatic rings. The molecule has 0 atom stereocenters. The van der Waals surface area contributed by atoms with E-state index in [0.29, 0.717) is 0 Å². The highest BCUT2D eigenvalue weighted by molar-refractivity contribution is 14.1. The number of aryl methyl sites for hydroxylation is 2. The first kappa shape index (κ1) is 17.3. The monoisotopic (exact) mass is 421 g/mol. The van der Waals surface area contributed by atoms with Crippen molar-refractivity contribution in [3.05, 3.63) is 80.0 Å². The first-order chi connectivity index (χ1) is 10.5.